The predicted molar refractivity (Wildman–Crippen MR) is 88.4 cm³/mol. The quantitative estimate of drug-likeness (QED) is 0.900. The van der Waals surface area contributed by atoms with Crippen molar-refractivity contribution in [3.8, 4) is 0 Å². The number of carbonyl (C=O) groups excluding carboxylic acids is 3. The highest BCUT2D eigenvalue weighted by molar-refractivity contribution is 7.14. The minimum Gasteiger partial charge on any atom is -0.339 e. The molecule has 2 heterocycles. The van der Waals surface area contributed by atoms with Gasteiger partial charge in [-0.25, -0.2) is 4.98 Å². The van der Waals surface area contributed by atoms with E-state index in [1.54, 1.807) is 15.2 Å². The number of nitrogens with zero attached hydrogens (tertiary/aromatic N) is 3. The number of aromatic nitrogens is 1. The SMILES string of the molecule is CC(=O)N1CCN(C(=O)c2csc(NC(=O)CC(C)C)n2)CC1. The number of thiazole rings is 1. The second-order valence-electron chi connectivity index (χ2n) is 5.98. The number of carbonyl (C=O) groups is 3. The van der Waals surface area contributed by atoms with Crippen LogP contribution in [0, 0.1) is 5.92 Å². The number of rotatable bonds is 4. The van der Waals surface area contributed by atoms with E-state index in [0.29, 0.717) is 43.4 Å². The Balaban J connectivity index is 1.91. The average Bonchev–Trinajstić information content (AvgIpc) is 2.94. The van der Waals surface area contributed by atoms with Crippen molar-refractivity contribution in [1.29, 1.82) is 0 Å². The fraction of sp³-hybridized carbons (Fsp3) is 0.600. The molecule has 8 heteroatoms. The van der Waals surface area contributed by atoms with E-state index in [1.807, 2.05) is 13.8 Å². The highest BCUT2D eigenvalue weighted by atomic mass is 32.1. The molecule has 7 nitrogen and oxygen atoms in total. The number of nitrogens with one attached hydrogen (secondary N) is 1. The van der Waals surface area contributed by atoms with E-state index in [1.165, 1.54) is 18.3 Å². The first kappa shape index (κ1) is 17.4. The number of hydrogen-bond acceptors (Lipinski definition) is 5. The third-order valence-electron chi connectivity index (χ3n) is 3.58. The lowest BCUT2D eigenvalue weighted by molar-refractivity contribution is -0.130. The molecule has 2 rings (SSSR count). The van der Waals surface area contributed by atoms with Gasteiger partial charge in [-0.05, 0) is 5.92 Å². The van der Waals surface area contributed by atoms with Crippen molar-refractivity contribution in [3.05, 3.63) is 11.1 Å². The summed E-state index contributed by atoms with van der Waals surface area (Å²) in [5.41, 5.74) is 0.339. The highest BCUT2D eigenvalue weighted by Crippen LogP contribution is 2.18. The molecular formula is C15H22N4O3S. The Morgan fingerprint density at radius 1 is 1.22 bits per heavy atom. The van der Waals surface area contributed by atoms with Gasteiger partial charge in [-0.3, -0.25) is 14.4 Å². The molecule has 1 N–H and O–H groups in total. The summed E-state index contributed by atoms with van der Waals surface area (Å²) in [5, 5.41) is 4.82. The van der Waals surface area contributed by atoms with E-state index in [4.69, 9.17) is 0 Å². The average molecular weight is 338 g/mol. The van der Waals surface area contributed by atoms with Crippen LogP contribution in [0.25, 0.3) is 0 Å². The first-order valence-electron chi connectivity index (χ1n) is 7.67. The maximum Gasteiger partial charge on any atom is 0.273 e. The van der Waals surface area contributed by atoms with Gasteiger partial charge in [-0.2, -0.15) is 0 Å². The van der Waals surface area contributed by atoms with Crippen molar-refractivity contribution < 1.29 is 14.4 Å². The van der Waals surface area contributed by atoms with Crippen LogP contribution in [0.15, 0.2) is 5.38 Å². The summed E-state index contributed by atoms with van der Waals surface area (Å²) in [5.74, 6) is 0.0479. The van der Waals surface area contributed by atoms with Gasteiger partial charge in [0.2, 0.25) is 11.8 Å². The maximum absolute atomic E-state index is 12.4. The zero-order valence-corrected chi connectivity index (χ0v) is 14.5. The molecule has 0 aliphatic carbocycles. The largest absolute Gasteiger partial charge is 0.339 e. The number of amides is 3. The summed E-state index contributed by atoms with van der Waals surface area (Å²) in [6.07, 6.45) is 0.426. The van der Waals surface area contributed by atoms with E-state index in [-0.39, 0.29) is 23.6 Å². The fourth-order valence-corrected chi connectivity index (χ4v) is 3.06. The van der Waals surface area contributed by atoms with E-state index in [9.17, 15) is 14.4 Å². The van der Waals surface area contributed by atoms with Gasteiger partial charge in [-0.1, -0.05) is 13.8 Å². The molecule has 23 heavy (non-hydrogen) atoms. The number of piperazine rings is 1. The van der Waals surface area contributed by atoms with Gasteiger partial charge in [0.15, 0.2) is 5.13 Å². The Labute approximate surface area is 139 Å². The molecule has 0 unspecified atom stereocenters. The Morgan fingerprint density at radius 3 is 2.39 bits per heavy atom. The van der Waals surface area contributed by atoms with Gasteiger partial charge in [-0.15, -0.1) is 11.3 Å². The first-order chi connectivity index (χ1) is 10.9. The van der Waals surface area contributed by atoms with Gasteiger partial charge < -0.3 is 15.1 Å². The Bertz CT molecular complexity index is 591. The lowest BCUT2D eigenvalue weighted by atomic mass is 10.1. The lowest BCUT2D eigenvalue weighted by Gasteiger charge is -2.33. The van der Waals surface area contributed by atoms with Crippen molar-refractivity contribution in [1.82, 2.24) is 14.8 Å². The van der Waals surface area contributed by atoms with E-state index < -0.39 is 0 Å². The Kier molecular flexibility index (Phi) is 5.70. The van der Waals surface area contributed by atoms with Gasteiger partial charge in [0.05, 0.1) is 0 Å². The standard InChI is InChI=1S/C15H22N4O3S/c1-10(2)8-13(21)17-15-16-12(9-23-15)14(22)19-6-4-18(5-7-19)11(3)20/h9-10H,4-8H2,1-3H3,(H,16,17,21). The Hall–Kier alpha value is -1.96. The summed E-state index contributed by atoms with van der Waals surface area (Å²) in [6, 6.07) is 0. The van der Waals surface area contributed by atoms with E-state index >= 15 is 0 Å². The summed E-state index contributed by atoms with van der Waals surface area (Å²) in [4.78, 5) is 43.0. The van der Waals surface area contributed by atoms with Gasteiger partial charge in [0, 0.05) is 44.9 Å². The van der Waals surface area contributed by atoms with Crippen LogP contribution in [0.3, 0.4) is 0 Å². The lowest BCUT2D eigenvalue weighted by Crippen LogP contribution is -2.50. The number of anilines is 1. The predicted octanol–water partition coefficient (Wildman–Crippen LogP) is 1.43. The van der Waals surface area contributed by atoms with Crippen molar-refractivity contribution in [2.24, 2.45) is 5.92 Å². The molecule has 0 radical (unpaired) electrons. The zero-order valence-electron chi connectivity index (χ0n) is 13.7. The van der Waals surface area contributed by atoms with Crippen LogP contribution in [0.5, 0.6) is 0 Å². The molecule has 126 valence electrons. The smallest absolute Gasteiger partial charge is 0.273 e. The van der Waals surface area contributed by atoms with Crippen LogP contribution in [0.2, 0.25) is 0 Å². The molecule has 0 saturated carbocycles. The molecule has 0 atom stereocenters. The molecule has 1 aromatic rings. The Morgan fingerprint density at radius 2 is 1.83 bits per heavy atom. The topological polar surface area (TPSA) is 82.6 Å². The monoisotopic (exact) mass is 338 g/mol. The molecule has 1 saturated heterocycles. The number of hydrogen-bond donors (Lipinski definition) is 1. The molecule has 1 aliphatic heterocycles. The third-order valence-corrected chi connectivity index (χ3v) is 4.33. The molecule has 0 bridgehead atoms. The maximum atomic E-state index is 12.4. The van der Waals surface area contributed by atoms with Gasteiger partial charge in [0.1, 0.15) is 5.69 Å². The summed E-state index contributed by atoms with van der Waals surface area (Å²) in [6.45, 7) is 7.57. The summed E-state index contributed by atoms with van der Waals surface area (Å²) in [7, 11) is 0. The van der Waals surface area contributed by atoms with Crippen LogP contribution in [0.1, 0.15) is 37.7 Å². The highest BCUT2D eigenvalue weighted by Gasteiger charge is 2.25. The van der Waals surface area contributed by atoms with Crippen LogP contribution < -0.4 is 5.32 Å². The second-order valence-corrected chi connectivity index (χ2v) is 6.84. The van der Waals surface area contributed by atoms with Gasteiger partial charge in [0.25, 0.3) is 5.91 Å². The fourth-order valence-electron chi connectivity index (χ4n) is 2.36. The molecular weight excluding hydrogens is 316 g/mol. The first-order valence-corrected chi connectivity index (χ1v) is 8.55. The van der Waals surface area contributed by atoms with Crippen molar-refractivity contribution >= 4 is 34.2 Å². The van der Waals surface area contributed by atoms with E-state index in [0.717, 1.165) is 0 Å². The minimum atomic E-state index is -0.159. The van der Waals surface area contributed by atoms with Crippen LogP contribution in [-0.2, 0) is 9.59 Å². The van der Waals surface area contributed by atoms with Crippen molar-refractivity contribution in [2.45, 2.75) is 27.2 Å². The summed E-state index contributed by atoms with van der Waals surface area (Å²) < 4.78 is 0. The van der Waals surface area contributed by atoms with Crippen molar-refractivity contribution in [3.63, 3.8) is 0 Å². The molecule has 0 spiro atoms. The molecule has 1 aromatic heterocycles. The van der Waals surface area contributed by atoms with Crippen LogP contribution >= 0.6 is 11.3 Å². The van der Waals surface area contributed by atoms with E-state index in [2.05, 4.69) is 10.3 Å². The second kappa shape index (κ2) is 7.54. The van der Waals surface area contributed by atoms with Crippen LogP contribution in [0.4, 0.5) is 5.13 Å². The van der Waals surface area contributed by atoms with Crippen molar-refractivity contribution in [2.75, 3.05) is 31.5 Å². The molecule has 3 amide bonds. The zero-order chi connectivity index (χ0) is 17.0. The van der Waals surface area contributed by atoms with Crippen LogP contribution in [-0.4, -0.2) is 58.7 Å². The molecule has 1 aliphatic rings. The van der Waals surface area contributed by atoms with Gasteiger partial charge >= 0.3 is 0 Å². The third kappa shape index (κ3) is 4.75. The molecule has 0 aromatic carbocycles. The normalized spacial score (nSPS) is 15.0. The summed E-state index contributed by atoms with van der Waals surface area (Å²) >= 11 is 1.25. The minimum absolute atomic E-state index is 0.0286. The molecule has 1 fully saturated rings.